The molecule has 0 aliphatic rings. The summed E-state index contributed by atoms with van der Waals surface area (Å²) in [5.74, 6) is -1.05. The minimum atomic E-state index is -1.05. The molecule has 2 N–H and O–H groups in total. The van der Waals surface area contributed by atoms with E-state index in [9.17, 15) is 4.79 Å². The fraction of sp³-hybridized carbons (Fsp3) is 0.0769. The third-order valence-electron chi connectivity index (χ3n) is 2.41. The zero-order chi connectivity index (χ0) is 13.8. The number of aromatic carboxylic acids is 1. The molecule has 0 bridgehead atoms. The molecule has 1 aromatic heterocycles. The molecule has 98 valence electrons. The molecule has 0 unspecified atom stereocenters. The van der Waals surface area contributed by atoms with Crippen molar-refractivity contribution in [3.05, 3.63) is 57.8 Å². The molecule has 2 rings (SSSR count). The Morgan fingerprint density at radius 3 is 2.79 bits per heavy atom. The number of hydrogen-bond acceptors (Lipinski definition) is 3. The van der Waals surface area contributed by atoms with Crippen LogP contribution in [-0.2, 0) is 6.54 Å². The number of carboxylic acid groups (broad SMARTS) is 1. The third kappa shape index (κ3) is 3.59. The lowest BCUT2D eigenvalue weighted by molar-refractivity contribution is 0.0690. The number of rotatable bonds is 4. The van der Waals surface area contributed by atoms with Crippen molar-refractivity contribution < 1.29 is 9.90 Å². The molecule has 0 aliphatic heterocycles. The van der Waals surface area contributed by atoms with Crippen LogP contribution in [0.1, 0.15) is 16.2 Å². The van der Waals surface area contributed by atoms with Crippen molar-refractivity contribution in [3.8, 4) is 0 Å². The molecule has 19 heavy (non-hydrogen) atoms. The molecule has 0 saturated carbocycles. The summed E-state index contributed by atoms with van der Waals surface area (Å²) in [5, 5.41) is 13.0. The minimum absolute atomic E-state index is 0.0106. The quantitative estimate of drug-likeness (QED) is 0.903. The first-order valence-electron chi connectivity index (χ1n) is 5.44. The van der Waals surface area contributed by atoms with Crippen molar-refractivity contribution in [3.63, 3.8) is 0 Å². The third-order valence-corrected chi connectivity index (χ3v) is 2.98. The Morgan fingerprint density at radius 1 is 1.26 bits per heavy atom. The Balaban J connectivity index is 2.12. The van der Waals surface area contributed by atoms with Crippen molar-refractivity contribution in [2.45, 2.75) is 6.54 Å². The SMILES string of the molecule is O=C(O)c1cccc(CNc2cc(Cl)ccc2Cl)n1. The minimum Gasteiger partial charge on any atom is -0.477 e. The average Bonchev–Trinajstić information content (AvgIpc) is 2.40. The first-order valence-corrected chi connectivity index (χ1v) is 6.20. The van der Waals surface area contributed by atoms with Crippen LogP contribution in [0.25, 0.3) is 0 Å². The monoisotopic (exact) mass is 296 g/mol. The van der Waals surface area contributed by atoms with E-state index in [0.29, 0.717) is 28.0 Å². The topological polar surface area (TPSA) is 62.2 Å². The van der Waals surface area contributed by atoms with Crippen LogP contribution in [0.15, 0.2) is 36.4 Å². The summed E-state index contributed by atoms with van der Waals surface area (Å²) < 4.78 is 0. The number of carboxylic acids is 1. The first kappa shape index (κ1) is 13.6. The van der Waals surface area contributed by atoms with E-state index in [2.05, 4.69) is 10.3 Å². The van der Waals surface area contributed by atoms with Gasteiger partial charge in [0.1, 0.15) is 5.69 Å². The van der Waals surface area contributed by atoms with E-state index in [4.69, 9.17) is 28.3 Å². The van der Waals surface area contributed by atoms with E-state index < -0.39 is 5.97 Å². The van der Waals surface area contributed by atoms with E-state index in [1.807, 2.05) is 0 Å². The Morgan fingerprint density at radius 2 is 2.05 bits per heavy atom. The van der Waals surface area contributed by atoms with Crippen LogP contribution >= 0.6 is 23.2 Å². The number of hydrogen-bond donors (Lipinski definition) is 2. The number of nitrogens with one attached hydrogen (secondary N) is 1. The van der Waals surface area contributed by atoms with Gasteiger partial charge in [0.2, 0.25) is 0 Å². The lowest BCUT2D eigenvalue weighted by Gasteiger charge is -2.08. The molecule has 1 aromatic carbocycles. The molecule has 2 aromatic rings. The molecule has 0 radical (unpaired) electrons. The first-order chi connectivity index (χ1) is 9.06. The van der Waals surface area contributed by atoms with E-state index in [-0.39, 0.29) is 5.69 Å². The molecule has 0 atom stereocenters. The molecule has 0 saturated heterocycles. The normalized spacial score (nSPS) is 10.2. The van der Waals surface area contributed by atoms with Crippen molar-refractivity contribution >= 4 is 34.9 Å². The molecule has 0 aliphatic carbocycles. The molecule has 0 fully saturated rings. The summed E-state index contributed by atoms with van der Waals surface area (Å²) >= 11 is 11.9. The van der Waals surface area contributed by atoms with E-state index in [0.717, 1.165) is 0 Å². The fourth-order valence-corrected chi connectivity index (χ4v) is 1.87. The summed E-state index contributed by atoms with van der Waals surface area (Å²) in [7, 11) is 0. The van der Waals surface area contributed by atoms with Gasteiger partial charge in [-0.25, -0.2) is 9.78 Å². The zero-order valence-corrected chi connectivity index (χ0v) is 11.2. The highest BCUT2D eigenvalue weighted by Gasteiger charge is 2.06. The summed E-state index contributed by atoms with van der Waals surface area (Å²) in [6.45, 7) is 0.362. The van der Waals surface area contributed by atoms with Crippen LogP contribution in [-0.4, -0.2) is 16.1 Å². The van der Waals surface area contributed by atoms with Gasteiger partial charge in [-0.1, -0.05) is 29.3 Å². The highest BCUT2D eigenvalue weighted by Crippen LogP contribution is 2.25. The van der Waals surface area contributed by atoms with Crippen LogP contribution in [0, 0.1) is 0 Å². The van der Waals surface area contributed by atoms with Gasteiger partial charge >= 0.3 is 5.97 Å². The van der Waals surface area contributed by atoms with Crippen molar-refractivity contribution in [2.75, 3.05) is 5.32 Å². The number of benzene rings is 1. The van der Waals surface area contributed by atoms with Gasteiger partial charge in [-0.3, -0.25) is 0 Å². The second kappa shape index (κ2) is 5.91. The lowest BCUT2D eigenvalue weighted by atomic mass is 10.2. The Hall–Kier alpha value is -1.78. The lowest BCUT2D eigenvalue weighted by Crippen LogP contribution is -2.06. The maximum absolute atomic E-state index is 10.8. The van der Waals surface area contributed by atoms with Gasteiger partial charge in [0.25, 0.3) is 0 Å². The number of halogens is 2. The van der Waals surface area contributed by atoms with Crippen LogP contribution in [0.5, 0.6) is 0 Å². The number of carbonyl (C=O) groups is 1. The highest BCUT2D eigenvalue weighted by atomic mass is 35.5. The van der Waals surface area contributed by atoms with Crippen LogP contribution < -0.4 is 5.32 Å². The maximum Gasteiger partial charge on any atom is 0.354 e. The second-order valence-corrected chi connectivity index (χ2v) is 4.64. The fourth-order valence-electron chi connectivity index (χ4n) is 1.52. The summed E-state index contributed by atoms with van der Waals surface area (Å²) in [5.41, 5.74) is 1.30. The maximum atomic E-state index is 10.8. The zero-order valence-electron chi connectivity index (χ0n) is 9.73. The van der Waals surface area contributed by atoms with Gasteiger partial charge in [-0.05, 0) is 30.3 Å². The van der Waals surface area contributed by atoms with Crippen LogP contribution in [0.2, 0.25) is 10.0 Å². The molecular weight excluding hydrogens is 287 g/mol. The number of pyridine rings is 1. The molecular formula is C13H10Cl2N2O2. The van der Waals surface area contributed by atoms with Gasteiger partial charge in [-0.15, -0.1) is 0 Å². The van der Waals surface area contributed by atoms with Crippen LogP contribution in [0.3, 0.4) is 0 Å². The highest BCUT2D eigenvalue weighted by molar-refractivity contribution is 6.35. The number of nitrogens with zero attached hydrogens (tertiary/aromatic N) is 1. The van der Waals surface area contributed by atoms with E-state index >= 15 is 0 Å². The van der Waals surface area contributed by atoms with Crippen LogP contribution in [0.4, 0.5) is 5.69 Å². The van der Waals surface area contributed by atoms with E-state index in [1.54, 1.807) is 30.3 Å². The van der Waals surface area contributed by atoms with Gasteiger partial charge in [0.15, 0.2) is 0 Å². The van der Waals surface area contributed by atoms with Gasteiger partial charge in [0, 0.05) is 5.02 Å². The van der Waals surface area contributed by atoms with Crippen molar-refractivity contribution in [2.24, 2.45) is 0 Å². The molecule has 6 heteroatoms. The van der Waals surface area contributed by atoms with E-state index in [1.165, 1.54) is 6.07 Å². The molecule has 4 nitrogen and oxygen atoms in total. The summed E-state index contributed by atoms with van der Waals surface area (Å²) in [6.07, 6.45) is 0. The van der Waals surface area contributed by atoms with Gasteiger partial charge in [-0.2, -0.15) is 0 Å². The smallest absolute Gasteiger partial charge is 0.354 e. The Bertz CT molecular complexity index is 617. The Kier molecular flexibility index (Phi) is 4.24. The molecule has 1 heterocycles. The van der Waals surface area contributed by atoms with Gasteiger partial charge in [0.05, 0.1) is 22.9 Å². The van der Waals surface area contributed by atoms with Crippen molar-refractivity contribution in [1.29, 1.82) is 0 Å². The predicted octanol–water partition coefficient (Wildman–Crippen LogP) is 3.70. The van der Waals surface area contributed by atoms with Gasteiger partial charge < -0.3 is 10.4 Å². The number of anilines is 1. The largest absolute Gasteiger partial charge is 0.477 e. The summed E-state index contributed by atoms with van der Waals surface area (Å²) in [6, 6.07) is 9.90. The molecule has 0 spiro atoms. The molecule has 0 amide bonds. The average molecular weight is 297 g/mol. The summed E-state index contributed by atoms with van der Waals surface area (Å²) in [4.78, 5) is 14.8. The second-order valence-electron chi connectivity index (χ2n) is 3.80. The Labute approximate surface area is 120 Å². The standard InChI is InChI=1S/C13H10Cl2N2O2/c14-8-4-5-10(15)12(6-8)16-7-9-2-1-3-11(17-9)13(18)19/h1-6,16H,7H2,(H,18,19). The number of aromatic nitrogens is 1. The predicted molar refractivity (Wildman–Crippen MR) is 75.0 cm³/mol. The van der Waals surface area contributed by atoms with Crippen molar-refractivity contribution in [1.82, 2.24) is 4.98 Å².